The first-order valence-electron chi connectivity index (χ1n) is 7.50. The Morgan fingerprint density at radius 2 is 1.62 bits per heavy atom. The summed E-state index contributed by atoms with van der Waals surface area (Å²) in [6.45, 7) is 0. The first-order valence-corrected chi connectivity index (χ1v) is 7.50. The zero-order chi connectivity index (χ0) is 16.7. The summed E-state index contributed by atoms with van der Waals surface area (Å²) in [5.41, 5.74) is 2.24. The highest BCUT2D eigenvalue weighted by atomic mass is 19.1. The standard InChI is InChI=1S/C18H13F2N3O/c19-12-3-1-11(2-4-12)15-9-16(24)22-18-17(15)21-10-23(18)14-7-5-13(20)6-8-14/h1-8,10,15H,9H2,(H,22,24)/t15-/m1/s1. The minimum atomic E-state index is -0.332. The number of aromatic nitrogens is 2. The molecule has 24 heavy (non-hydrogen) atoms. The van der Waals surface area contributed by atoms with Crippen LogP contribution in [0, 0.1) is 11.6 Å². The van der Waals surface area contributed by atoms with Crippen molar-refractivity contribution in [2.24, 2.45) is 0 Å². The van der Waals surface area contributed by atoms with Crippen molar-refractivity contribution < 1.29 is 13.6 Å². The van der Waals surface area contributed by atoms with Gasteiger partial charge in [-0.3, -0.25) is 9.36 Å². The van der Waals surface area contributed by atoms with Crippen molar-refractivity contribution in [1.82, 2.24) is 9.55 Å². The first kappa shape index (κ1) is 14.6. The molecule has 3 aromatic rings. The SMILES string of the molecule is O=C1C[C@H](c2ccc(F)cc2)c2ncn(-c3ccc(F)cc3)c2N1. The summed E-state index contributed by atoms with van der Waals surface area (Å²) in [7, 11) is 0. The van der Waals surface area contributed by atoms with Crippen LogP contribution in [0.4, 0.5) is 14.6 Å². The molecule has 1 aliphatic heterocycles. The molecule has 2 aromatic carbocycles. The molecule has 0 unspecified atom stereocenters. The van der Waals surface area contributed by atoms with E-state index in [-0.39, 0.29) is 29.9 Å². The van der Waals surface area contributed by atoms with Gasteiger partial charge in [-0.1, -0.05) is 12.1 Å². The summed E-state index contributed by atoms with van der Waals surface area (Å²) in [5.74, 6) is -0.471. The fraction of sp³-hybridized carbons (Fsp3) is 0.111. The Morgan fingerprint density at radius 1 is 1.00 bits per heavy atom. The predicted octanol–water partition coefficient (Wildman–Crippen LogP) is 3.62. The van der Waals surface area contributed by atoms with Crippen molar-refractivity contribution >= 4 is 11.7 Å². The Balaban J connectivity index is 1.80. The molecule has 4 rings (SSSR count). The lowest BCUT2D eigenvalue weighted by atomic mass is 9.90. The van der Waals surface area contributed by atoms with Gasteiger partial charge in [0.25, 0.3) is 0 Å². The third-order valence-corrected chi connectivity index (χ3v) is 4.15. The molecule has 6 heteroatoms. The predicted molar refractivity (Wildman–Crippen MR) is 85.0 cm³/mol. The van der Waals surface area contributed by atoms with E-state index in [1.165, 1.54) is 24.3 Å². The second kappa shape index (κ2) is 5.56. The smallest absolute Gasteiger partial charge is 0.226 e. The average Bonchev–Trinajstić information content (AvgIpc) is 2.99. The van der Waals surface area contributed by atoms with Gasteiger partial charge in [0.15, 0.2) is 0 Å². The van der Waals surface area contributed by atoms with Crippen LogP contribution in [-0.2, 0) is 4.79 Å². The third-order valence-electron chi connectivity index (χ3n) is 4.15. The zero-order valence-corrected chi connectivity index (χ0v) is 12.5. The molecule has 4 nitrogen and oxygen atoms in total. The van der Waals surface area contributed by atoms with Gasteiger partial charge < -0.3 is 5.32 Å². The van der Waals surface area contributed by atoms with Gasteiger partial charge >= 0.3 is 0 Å². The van der Waals surface area contributed by atoms with E-state index < -0.39 is 0 Å². The van der Waals surface area contributed by atoms with Crippen LogP contribution in [0.25, 0.3) is 5.69 Å². The number of anilines is 1. The van der Waals surface area contributed by atoms with Crippen LogP contribution in [-0.4, -0.2) is 15.5 Å². The van der Waals surface area contributed by atoms with Crippen molar-refractivity contribution in [3.63, 3.8) is 0 Å². The van der Waals surface area contributed by atoms with Crippen LogP contribution >= 0.6 is 0 Å². The zero-order valence-electron chi connectivity index (χ0n) is 12.5. The molecule has 0 radical (unpaired) electrons. The molecule has 0 fully saturated rings. The highest BCUT2D eigenvalue weighted by Gasteiger charge is 2.30. The molecule has 2 heterocycles. The number of nitrogens with one attached hydrogen (secondary N) is 1. The number of hydrogen-bond acceptors (Lipinski definition) is 2. The van der Waals surface area contributed by atoms with Crippen molar-refractivity contribution in [3.05, 3.63) is 77.8 Å². The summed E-state index contributed by atoms with van der Waals surface area (Å²) in [6.07, 6.45) is 1.85. The number of hydrogen-bond donors (Lipinski definition) is 1. The van der Waals surface area contributed by atoms with E-state index >= 15 is 0 Å². The maximum absolute atomic E-state index is 13.2. The molecule has 1 aliphatic rings. The quantitative estimate of drug-likeness (QED) is 0.782. The van der Waals surface area contributed by atoms with Gasteiger partial charge in [-0.25, -0.2) is 13.8 Å². The molecule has 0 saturated heterocycles. The summed E-state index contributed by atoms with van der Waals surface area (Å²) >= 11 is 0. The molecule has 1 amide bonds. The van der Waals surface area contributed by atoms with E-state index in [1.807, 2.05) is 0 Å². The molecule has 0 spiro atoms. The van der Waals surface area contributed by atoms with E-state index in [0.717, 1.165) is 5.56 Å². The number of carbonyl (C=O) groups excluding carboxylic acids is 1. The number of rotatable bonds is 2. The number of imidazole rings is 1. The highest BCUT2D eigenvalue weighted by molar-refractivity contribution is 5.94. The number of halogens is 2. The number of carbonyl (C=O) groups is 1. The first-order chi connectivity index (χ1) is 11.6. The van der Waals surface area contributed by atoms with E-state index in [0.29, 0.717) is 17.2 Å². The molecule has 1 N–H and O–H groups in total. The van der Waals surface area contributed by atoms with Crippen LogP contribution in [0.5, 0.6) is 0 Å². The molecule has 120 valence electrons. The van der Waals surface area contributed by atoms with Crippen LogP contribution in [0.3, 0.4) is 0 Å². The van der Waals surface area contributed by atoms with Crippen LogP contribution < -0.4 is 5.32 Å². The lowest BCUT2D eigenvalue weighted by Crippen LogP contribution is -2.24. The van der Waals surface area contributed by atoms with E-state index in [9.17, 15) is 13.6 Å². The van der Waals surface area contributed by atoms with Gasteiger partial charge in [-0.2, -0.15) is 0 Å². The fourth-order valence-corrected chi connectivity index (χ4v) is 2.97. The summed E-state index contributed by atoms with van der Waals surface area (Å²) < 4.78 is 28.0. The summed E-state index contributed by atoms with van der Waals surface area (Å²) in [6, 6.07) is 12.0. The number of amides is 1. The van der Waals surface area contributed by atoms with Crippen molar-refractivity contribution in [1.29, 1.82) is 0 Å². The van der Waals surface area contributed by atoms with Crippen LogP contribution in [0.2, 0.25) is 0 Å². The Labute approximate surface area is 136 Å². The number of nitrogens with zero attached hydrogens (tertiary/aromatic N) is 2. The van der Waals surface area contributed by atoms with Gasteiger partial charge in [0.05, 0.1) is 5.69 Å². The van der Waals surface area contributed by atoms with Gasteiger partial charge in [0.2, 0.25) is 5.91 Å². The van der Waals surface area contributed by atoms with Crippen molar-refractivity contribution in [3.8, 4) is 5.69 Å². The Hall–Kier alpha value is -3.02. The third kappa shape index (κ3) is 2.46. The Bertz CT molecular complexity index is 901. The van der Waals surface area contributed by atoms with Crippen LogP contribution in [0.1, 0.15) is 23.6 Å². The van der Waals surface area contributed by atoms with Gasteiger partial charge in [-0.15, -0.1) is 0 Å². The monoisotopic (exact) mass is 325 g/mol. The van der Waals surface area contributed by atoms with Gasteiger partial charge in [0.1, 0.15) is 23.8 Å². The minimum absolute atomic E-state index is 0.138. The Morgan fingerprint density at radius 3 is 2.29 bits per heavy atom. The normalized spacial score (nSPS) is 16.6. The topological polar surface area (TPSA) is 46.9 Å². The molecule has 0 aliphatic carbocycles. The summed E-state index contributed by atoms with van der Waals surface area (Å²) in [4.78, 5) is 16.6. The molecular weight excluding hydrogens is 312 g/mol. The molecule has 0 saturated carbocycles. The van der Waals surface area contributed by atoms with Gasteiger partial charge in [0, 0.05) is 18.0 Å². The van der Waals surface area contributed by atoms with Gasteiger partial charge in [-0.05, 0) is 42.0 Å². The lowest BCUT2D eigenvalue weighted by molar-refractivity contribution is -0.116. The second-order valence-electron chi connectivity index (χ2n) is 5.68. The van der Waals surface area contributed by atoms with E-state index in [4.69, 9.17) is 0 Å². The fourth-order valence-electron chi connectivity index (χ4n) is 2.97. The molecular formula is C18H13F2N3O. The van der Waals surface area contributed by atoms with E-state index in [1.54, 1.807) is 35.2 Å². The van der Waals surface area contributed by atoms with E-state index in [2.05, 4.69) is 10.3 Å². The number of benzene rings is 2. The summed E-state index contributed by atoms with van der Waals surface area (Å²) in [5, 5.41) is 2.83. The number of fused-ring (bicyclic) bond motifs is 1. The molecule has 1 atom stereocenters. The van der Waals surface area contributed by atoms with Crippen molar-refractivity contribution in [2.75, 3.05) is 5.32 Å². The minimum Gasteiger partial charge on any atom is -0.310 e. The van der Waals surface area contributed by atoms with Crippen molar-refractivity contribution in [2.45, 2.75) is 12.3 Å². The molecule has 1 aromatic heterocycles. The second-order valence-corrected chi connectivity index (χ2v) is 5.68. The Kier molecular flexibility index (Phi) is 3.37. The van der Waals surface area contributed by atoms with Crippen LogP contribution in [0.15, 0.2) is 54.9 Å². The maximum atomic E-state index is 13.2. The maximum Gasteiger partial charge on any atom is 0.226 e. The lowest BCUT2D eigenvalue weighted by Gasteiger charge is -2.23. The highest BCUT2D eigenvalue weighted by Crippen LogP contribution is 2.37. The molecule has 0 bridgehead atoms. The average molecular weight is 325 g/mol. The largest absolute Gasteiger partial charge is 0.310 e.